The van der Waals surface area contributed by atoms with Gasteiger partial charge in [-0.15, -0.1) is 0 Å². The second kappa shape index (κ2) is 3.86. The van der Waals surface area contributed by atoms with Gasteiger partial charge in [-0.05, 0) is 34.7 Å². The Hall–Kier alpha value is -0.0900. The predicted molar refractivity (Wildman–Crippen MR) is 42.8 cm³/mol. The van der Waals surface area contributed by atoms with E-state index in [4.69, 9.17) is 0 Å². The third-order valence-corrected chi connectivity index (χ3v) is 1.45. The molecular formula is C6H7IO. The predicted octanol–water partition coefficient (Wildman–Crippen LogP) is 1.47. The molecule has 8 heavy (non-hydrogen) atoms. The van der Waals surface area contributed by atoms with Crippen LogP contribution in [0.1, 0.15) is 0 Å². The van der Waals surface area contributed by atoms with E-state index >= 15 is 0 Å². The highest BCUT2D eigenvalue weighted by atomic mass is 127. The highest BCUT2D eigenvalue weighted by Gasteiger charge is 1.74. The summed E-state index contributed by atoms with van der Waals surface area (Å²) in [6.07, 6.45) is 0. The van der Waals surface area contributed by atoms with E-state index in [1.807, 2.05) is 18.2 Å². The zero-order valence-corrected chi connectivity index (χ0v) is 6.42. The van der Waals surface area contributed by atoms with Gasteiger partial charge in [-0.2, -0.15) is 0 Å². The first-order valence-corrected chi connectivity index (χ1v) is 3.18. The van der Waals surface area contributed by atoms with Crippen LogP contribution in [0, 0.1) is 3.57 Å². The van der Waals surface area contributed by atoms with Crippen LogP contribution < -0.4 is 0 Å². The van der Waals surface area contributed by atoms with Crippen LogP contribution in [0.5, 0.6) is 0 Å². The summed E-state index contributed by atoms with van der Waals surface area (Å²) in [6, 6.07) is 10.2. The molecule has 1 aromatic rings. The average molecular weight is 222 g/mol. The summed E-state index contributed by atoms with van der Waals surface area (Å²) >= 11 is 2.28. The SMILES string of the molecule is Ic1ccccc1.O. The fraction of sp³-hybridized carbons (Fsp3) is 0. The Bertz CT molecular complexity index is 138. The van der Waals surface area contributed by atoms with Gasteiger partial charge in [0.25, 0.3) is 0 Å². The smallest absolute Gasteiger partial charge is 0.0130 e. The second-order valence-electron chi connectivity index (χ2n) is 1.30. The van der Waals surface area contributed by atoms with Crippen molar-refractivity contribution in [2.75, 3.05) is 0 Å². The number of benzene rings is 1. The van der Waals surface area contributed by atoms with Gasteiger partial charge in [0, 0.05) is 3.57 Å². The Morgan fingerprint density at radius 3 is 1.75 bits per heavy atom. The monoisotopic (exact) mass is 222 g/mol. The molecule has 0 bridgehead atoms. The van der Waals surface area contributed by atoms with Gasteiger partial charge in [0.05, 0.1) is 0 Å². The van der Waals surface area contributed by atoms with Gasteiger partial charge in [-0.1, -0.05) is 18.2 Å². The molecule has 1 rings (SSSR count). The lowest BCUT2D eigenvalue weighted by Crippen LogP contribution is -1.61. The maximum atomic E-state index is 2.28. The number of halogens is 1. The van der Waals surface area contributed by atoms with Crippen molar-refractivity contribution in [1.29, 1.82) is 0 Å². The summed E-state index contributed by atoms with van der Waals surface area (Å²) in [5, 5.41) is 0. The van der Waals surface area contributed by atoms with E-state index in [1.165, 1.54) is 3.57 Å². The van der Waals surface area contributed by atoms with Crippen LogP contribution in [-0.4, -0.2) is 5.48 Å². The van der Waals surface area contributed by atoms with Gasteiger partial charge >= 0.3 is 0 Å². The van der Waals surface area contributed by atoms with E-state index < -0.39 is 0 Å². The van der Waals surface area contributed by atoms with E-state index in [1.54, 1.807) is 0 Å². The highest BCUT2D eigenvalue weighted by Crippen LogP contribution is 1.99. The zero-order chi connectivity index (χ0) is 5.11. The van der Waals surface area contributed by atoms with Gasteiger partial charge in [-0.3, -0.25) is 0 Å². The van der Waals surface area contributed by atoms with Gasteiger partial charge < -0.3 is 5.48 Å². The molecule has 1 nitrogen and oxygen atoms in total. The topological polar surface area (TPSA) is 31.5 Å². The van der Waals surface area contributed by atoms with Crippen molar-refractivity contribution in [2.45, 2.75) is 0 Å². The minimum atomic E-state index is 0. The Labute approximate surface area is 62.2 Å². The zero-order valence-electron chi connectivity index (χ0n) is 4.26. The van der Waals surface area contributed by atoms with E-state index in [9.17, 15) is 0 Å². The Morgan fingerprint density at radius 1 is 1.00 bits per heavy atom. The summed E-state index contributed by atoms with van der Waals surface area (Å²) in [5.74, 6) is 0. The number of rotatable bonds is 0. The third-order valence-electron chi connectivity index (χ3n) is 0.733. The molecule has 0 aromatic heterocycles. The maximum Gasteiger partial charge on any atom is 0.0130 e. The van der Waals surface area contributed by atoms with Crippen LogP contribution in [0.4, 0.5) is 0 Å². The molecule has 2 heteroatoms. The first kappa shape index (κ1) is 7.91. The summed E-state index contributed by atoms with van der Waals surface area (Å²) < 4.78 is 1.29. The summed E-state index contributed by atoms with van der Waals surface area (Å²) in [4.78, 5) is 0. The normalized spacial score (nSPS) is 7.62. The van der Waals surface area contributed by atoms with Gasteiger partial charge in [0.2, 0.25) is 0 Å². The van der Waals surface area contributed by atoms with E-state index in [-0.39, 0.29) is 5.48 Å². The molecule has 0 saturated heterocycles. The lowest BCUT2D eigenvalue weighted by Gasteiger charge is -1.80. The Kier molecular flexibility index (Phi) is 3.81. The molecule has 0 amide bonds. The van der Waals surface area contributed by atoms with E-state index in [0.29, 0.717) is 0 Å². The van der Waals surface area contributed by atoms with Crippen LogP contribution in [0.25, 0.3) is 0 Å². The fourth-order valence-corrected chi connectivity index (χ4v) is 0.830. The molecule has 0 aliphatic heterocycles. The van der Waals surface area contributed by atoms with E-state index in [0.717, 1.165) is 0 Å². The lowest BCUT2D eigenvalue weighted by atomic mass is 10.4. The third kappa shape index (κ3) is 2.28. The van der Waals surface area contributed by atoms with Crippen LogP contribution in [0.3, 0.4) is 0 Å². The van der Waals surface area contributed by atoms with Crippen molar-refractivity contribution in [1.82, 2.24) is 0 Å². The minimum Gasteiger partial charge on any atom is -0.412 e. The molecule has 0 radical (unpaired) electrons. The first-order chi connectivity index (χ1) is 3.39. The van der Waals surface area contributed by atoms with E-state index in [2.05, 4.69) is 34.7 Å². The largest absolute Gasteiger partial charge is 0.412 e. The summed E-state index contributed by atoms with van der Waals surface area (Å²) in [6.45, 7) is 0. The van der Waals surface area contributed by atoms with Crippen molar-refractivity contribution < 1.29 is 5.48 Å². The molecule has 2 N–H and O–H groups in total. The minimum absolute atomic E-state index is 0. The lowest BCUT2D eigenvalue weighted by molar-refractivity contribution is 0.824. The molecule has 0 aliphatic carbocycles. The standard InChI is InChI=1S/C6H5I.H2O/c7-6-4-2-1-3-5-6;/h1-5H;1H2. The van der Waals surface area contributed by atoms with Crippen LogP contribution in [-0.2, 0) is 0 Å². The number of hydrogen-bond donors (Lipinski definition) is 0. The van der Waals surface area contributed by atoms with Crippen molar-refractivity contribution in [3.05, 3.63) is 33.9 Å². The Balaban J connectivity index is 0.000000490. The molecular weight excluding hydrogens is 215 g/mol. The first-order valence-electron chi connectivity index (χ1n) is 2.10. The van der Waals surface area contributed by atoms with Crippen molar-refractivity contribution in [3.63, 3.8) is 0 Å². The Morgan fingerprint density at radius 2 is 1.50 bits per heavy atom. The molecule has 1 aromatic carbocycles. The maximum absolute atomic E-state index is 2.28. The number of hydrogen-bond acceptors (Lipinski definition) is 0. The molecule has 0 fully saturated rings. The molecule has 0 saturated carbocycles. The van der Waals surface area contributed by atoms with Gasteiger partial charge in [0.1, 0.15) is 0 Å². The molecule has 0 aliphatic rings. The average Bonchev–Trinajstić information content (AvgIpc) is 1.69. The molecule has 0 unspecified atom stereocenters. The summed E-state index contributed by atoms with van der Waals surface area (Å²) in [5.41, 5.74) is 0. The molecule has 0 heterocycles. The quantitative estimate of drug-likeness (QED) is 0.595. The van der Waals surface area contributed by atoms with Crippen LogP contribution >= 0.6 is 22.6 Å². The van der Waals surface area contributed by atoms with Crippen molar-refractivity contribution >= 4 is 22.6 Å². The van der Waals surface area contributed by atoms with Gasteiger partial charge in [-0.25, -0.2) is 0 Å². The molecule has 0 atom stereocenters. The molecule has 0 spiro atoms. The van der Waals surface area contributed by atoms with Crippen LogP contribution in [0.2, 0.25) is 0 Å². The van der Waals surface area contributed by atoms with Crippen molar-refractivity contribution in [2.24, 2.45) is 0 Å². The fourth-order valence-electron chi connectivity index (χ4n) is 0.415. The second-order valence-corrected chi connectivity index (χ2v) is 2.54. The van der Waals surface area contributed by atoms with Crippen molar-refractivity contribution in [3.8, 4) is 0 Å². The molecule has 44 valence electrons. The van der Waals surface area contributed by atoms with Gasteiger partial charge in [0.15, 0.2) is 0 Å². The summed E-state index contributed by atoms with van der Waals surface area (Å²) in [7, 11) is 0. The van der Waals surface area contributed by atoms with Crippen LogP contribution in [0.15, 0.2) is 30.3 Å². The highest BCUT2D eigenvalue weighted by molar-refractivity contribution is 14.1.